The first-order valence-electron chi connectivity index (χ1n) is 8.56. The fraction of sp³-hybridized carbons (Fsp3) is 0.688. The van der Waals surface area contributed by atoms with Crippen molar-refractivity contribution in [2.24, 2.45) is 0 Å². The van der Waals surface area contributed by atoms with E-state index in [1.54, 1.807) is 24.7 Å². The molecule has 4 N–H and O–H groups in total. The van der Waals surface area contributed by atoms with Gasteiger partial charge in [0.15, 0.2) is 17.3 Å². The Balaban J connectivity index is 1.83. The molecule has 0 spiro atoms. The SMILES string of the molecule is CN(CCO)C[C@H]1O[C@@H](n2cnc3c(N)ncnc32)C[C@@H]1OC(C)(C)O. The molecule has 3 rings (SSSR count). The number of aliphatic hydroxyl groups excluding tert-OH is 1. The third kappa shape index (κ3) is 4.10. The number of nitrogens with two attached hydrogens (primary N) is 1. The molecule has 26 heavy (non-hydrogen) atoms. The van der Waals surface area contributed by atoms with Gasteiger partial charge in [0.2, 0.25) is 0 Å². The lowest BCUT2D eigenvalue weighted by atomic mass is 10.1. The van der Waals surface area contributed by atoms with Gasteiger partial charge in [-0.1, -0.05) is 0 Å². The Hall–Kier alpha value is -1.85. The van der Waals surface area contributed by atoms with E-state index >= 15 is 0 Å². The predicted molar refractivity (Wildman–Crippen MR) is 94.0 cm³/mol. The van der Waals surface area contributed by atoms with Crippen LogP contribution in [0.4, 0.5) is 5.82 Å². The smallest absolute Gasteiger partial charge is 0.167 e. The van der Waals surface area contributed by atoms with E-state index in [2.05, 4.69) is 15.0 Å². The van der Waals surface area contributed by atoms with Crippen molar-refractivity contribution in [1.82, 2.24) is 24.4 Å². The number of hydrogen-bond acceptors (Lipinski definition) is 9. The molecule has 3 heterocycles. The molecule has 1 fully saturated rings. The molecular formula is C16H26N6O4. The molecule has 2 aromatic rings. The summed E-state index contributed by atoms with van der Waals surface area (Å²) in [6.45, 7) is 4.33. The molecule has 10 nitrogen and oxygen atoms in total. The van der Waals surface area contributed by atoms with Crippen LogP contribution in [-0.4, -0.2) is 79.4 Å². The number of fused-ring (bicyclic) bond motifs is 1. The number of aliphatic hydroxyl groups is 2. The molecule has 0 radical (unpaired) electrons. The highest BCUT2D eigenvalue weighted by molar-refractivity contribution is 5.81. The van der Waals surface area contributed by atoms with Gasteiger partial charge in [-0.25, -0.2) is 15.0 Å². The fourth-order valence-electron chi connectivity index (χ4n) is 3.18. The van der Waals surface area contributed by atoms with Gasteiger partial charge in [0.1, 0.15) is 18.1 Å². The van der Waals surface area contributed by atoms with Gasteiger partial charge in [0.25, 0.3) is 0 Å². The van der Waals surface area contributed by atoms with Crippen molar-refractivity contribution in [3.05, 3.63) is 12.7 Å². The maximum Gasteiger partial charge on any atom is 0.167 e. The van der Waals surface area contributed by atoms with Crippen LogP contribution < -0.4 is 5.73 Å². The summed E-state index contributed by atoms with van der Waals surface area (Å²) in [6.07, 6.45) is 2.59. The fourth-order valence-corrected chi connectivity index (χ4v) is 3.18. The zero-order valence-electron chi connectivity index (χ0n) is 15.2. The molecule has 2 aromatic heterocycles. The van der Waals surface area contributed by atoms with Gasteiger partial charge in [0.05, 0.1) is 25.1 Å². The monoisotopic (exact) mass is 366 g/mol. The summed E-state index contributed by atoms with van der Waals surface area (Å²) in [7, 11) is 1.90. The quantitative estimate of drug-likeness (QED) is 0.567. The first kappa shape index (κ1) is 18.9. The minimum Gasteiger partial charge on any atom is -0.395 e. The van der Waals surface area contributed by atoms with Crippen molar-refractivity contribution in [2.45, 2.75) is 44.5 Å². The number of rotatable bonds is 7. The van der Waals surface area contributed by atoms with Crippen molar-refractivity contribution in [2.75, 3.05) is 32.5 Å². The van der Waals surface area contributed by atoms with Gasteiger partial charge in [0, 0.05) is 19.5 Å². The molecule has 0 saturated carbocycles. The average molecular weight is 366 g/mol. The summed E-state index contributed by atoms with van der Waals surface area (Å²) in [5.41, 5.74) is 6.97. The minimum absolute atomic E-state index is 0.0615. The third-order valence-electron chi connectivity index (χ3n) is 4.29. The molecule has 0 bridgehead atoms. The number of aromatic nitrogens is 4. The number of likely N-dealkylation sites (N-methyl/N-ethyl adjacent to an activating group) is 1. The van der Waals surface area contributed by atoms with E-state index < -0.39 is 5.79 Å². The largest absolute Gasteiger partial charge is 0.395 e. The van der Waals surface area contributed by atoms with Gasteiger partial charge in [-0.15, -0.1) is 0 Å². The first-order valence-corrected chi connectivity index (χ1v) is 8.56. The normalized spacial score (nSPS) is 24.0. The second-order valence-corrected chi connectivity index (χ2v) is 7.04. The average Bonchev–Trinajstić information content (AvgIpc) is 3.11. The highest BCUT2D eigenvalue weighted by atomic mass is 16.6. The standard InChI is InChI=1S/C16H26N6O4/c1-16(2,24)26-10-6-12(25-11(10)7-21(3)4-5-23)22-9-20-13-14(17)18-8-19-15(13)22/h8-12,23-24H,4-7H2,1-3H3,(H2,17,18,19)/t10-,11+,12+/m0/s1. The summed E-state index contributed by atoms with van der Waals surface area (Å²) < 4.78 is 13.8. The number of ether oxygens (including phenoxy) is 2. The molecular weight excluding hydrogens is 340 g/mol. The molecule has 10 heteroatoms. The van der Waals surface area contributed by atoms with Crippen molar-refractivity contribution < 1.29 is 19.7 Å². The summed E-state index contributed by atoms with van der Waals surface area (Å²) in [5.74, 6) is -0.962. The van der Waals surface area contributed by atoms with Crippen LogP contribution in [0.15, 0.2) is 12.7 Å². The Kier molecular flexibility index (Phi) is 5.39. The summed E-state index contributed by atoms with van der Waals surface area (Å²) >= 11 is 0. The van der Waals surface area contributed by atoms with E-state index in [9.17, 15) is 5.11 Å². The van der Waals surface area contributed by atoms with Crippen LogP contribution in [0, 0.1) is 0 Å². The van der Waals surface area contributed by atoms with Gasteiger partial charge in [-0.3, -0.25) is 4.57 Å². The minimum atomic E-state index is -1.28. The van der Waals surface area contributed by atoms with E-state index in [1.807, 2.05) is 11.9 Å². The van der Waals surface area contributed by atoms with Crippen molar-refractivity contribution in [3.8, 4) is 0 Å². The summed E-state index contributed by atoms with van der Waals surface area (Å²) in [5, 5.41) is 19.2. The van der Waals surface area contributed by atoms with Crippen molar-refractivity contribution in [3.63, 3.8) is 0 Å². The van der Waals surface area contributed by atoms with Crippen molar-refractivity contribution >= 4 is 17.0 Å². The van der Waals surface area contributed by atoms with Crippen LogP contribution in [0.2, 0.25) is 0 Å². The van der Waals surface area contributed by atoms with Crippen LogP contribution in [0.25, 0.3) is 11.2 Å². The summed E-state index contributed by atoms with van der Waals surface area (Å²) in [4.78, 5) is 14.4. The first-order chi connectivity index (χ1) is 12.3. The zero-order chi connectivity index (χ0) is 18.9. The van der Waals surface area contributed by atoms with Crippen LogP contribution in [0.3, 0.4) is 0 Å². The van der Waals surface area contributed by atoms with Crippen molar-refractivity contribution in [1.29, 1.82) is 0 Å². The van der Waals surface area contributed by atoms with Crippen LogP contribution >= 0.6 is 0 Å². The van der Waals surface area contributed by atoms with Crippen LogP contribution in [0.1, 0.15) is 26.5 Å². The van der Waals surface area contributed by atoms with Gasteiger partial charge >= 0.3 is 0 Å². The molecule has 1 aliphatic rings. The number of nitrogens with zero attached hydrogens (tertiary/aromatic N) is 5. The predicted octanol–water partition coefficient (Wildman–Crippen LogP) is -0.266. The van der Waals surface area contributed by atoms with E-state index in [0.717, 1.165) is 0 Å². The molecule has 0 amide bonds. The Morgan fingerprint density at radius 3 is 2.88 bits per heavy atom. The van der Waals surface area contributed by atoms with Crippen LogP contribution in [-0.2, 0) is 9.47 Å². The van der Waals surface area contributed by atoms with Gasteiger partial charge in [-0.2, -0.15) is 0 Å². The number of anilines is 1. The highest BCUT2D eigenvalue weighted by Gasteiger charge is 2.40. The molecule has 1 saturated heterocycles. The highest BCUT2D eigenvalue weighted by Crippen LogP contribution is 2.34. The molecule has 1 aliphatic heterocycles. The second-order valence-electron chi connectivity index (χ2n) is 7.04. The number of hydrogen-bond donors (Lipinski definition) is 3. The zero-order valence-corrected chi connectivity index (χ0v) is 15.2. The Morgan fingerprint density at radius 1 is 1.42 bits per heavy atom. The lowest BCUT2D eigenvalue weighted by Crippen LogP contribution is -2.41. The Bertz CT molecular complexity index is 746. The van der Waals surface area contributed by atoms with E-state index in [-0.39, 0.29) is 25.0 Å². The molecule has 0 unspecified atom stereocenters. The molecule has 0 aromatic carbocycles. The second kappa shape index (κ2) is 7.41. The topological polar surface area (TPSA) is 132 Å². The van der Waals surface area contributed by atoms with Gasteiger partial charge in [-0.05, 0) is 20.9 Å². The lowest BCUT2D eigenvalue weighted by Gasteiger charge is -2.28. The number of imidazole rings is 1. The lowest BCUT2D eigenvalue weighted by molar-refractivity contribution is -0.215. The van der Waals surface area contributed by atoms with E-state index in [0.29, 0.717) is 36.5 Å². The Labute approximate surface area is 151 Å². The summed E-state index contributed by atoms with van der Waals surface area (Å²) in [6, 6.07) is 0. The molecule has 144 valence electrons. The third-order valence-corrected chi connectivity index (χ3v) is 4.29. The maximum atomic E-state index is 10.1. The van der Waals surface area contributed by atoms with Gasteiger partial charge < -0.3 is 30.3 Å². The number of nitrogen functional groups attached to an aromatic ring is 1. The van der Waals surface area contributed by atoms with Crippen LogP contribution in [0.5, 0.6) is 0 Å². The Morgan fingerprint density at radius 2 is 2.19 bits per heavy atom. The van der Waals surface area contributed by atoms with E-state index in [1.165, 1.54) is 6.33 Å². The maximum absolute atomic E-state index is 10.1. The van der Waals surface area contributed by atoms with E-state index in [4.69, 9.17) is 20.3 Å². The molecule has 0 aliphatic carbocycles. The molecule has 3 atom stereocenters.